The van der Waals surface area contributed by atoms with Gasteiger partial charge in [-0.25, -0.2) is 13.1 Å². The van der Waals surface area contributed by atoms with E-state index in [0.29, 0.717) is 16.5 Å². The summed E-state index contributed by atoms with van der Waals surface area (Å²) in [5.74, 6) is 0.498. The number of sulfonamides is 1. The maximum Gasteiger partial charge on any atom is 0.250 e. The van der Waals surface area contributed by atoms with E-state index in [1.807, 2.05) is 6.07 Å². The second-order valence-corrected chi connectivity index (χ2v) is 7.82. The van der Waals surface area contributed by atoms with Gasteiger partial charge in [0.25, 0.3) is 0 Å². The van der Waals surface area contributed by atoms with Crippen LogP contribution in [0, 0.1) is 6.92 Å². The third-order valence-electron chi connectivity index (χ3n) is 2.74. The van der Waals surface area contributed by atoms with Crippen LogP contribution in [-0.4, -0.2) is 20.1 Å². The van der Waals surface area contributed by atoms with Gasteiger partial charge in [-0.05, 0) is 32.0 Å². The number of rotatable bonds is 8. The Morgan fingerprint density at radius 1 is 1.33 bits per heavy atom. The zero-order valence-corrected chi connectivity index (χ0v) is 13.7. The van der Waals surface area contributed by atoms with E-state index in [9.17, 15) is 8.42 Å². The molecule has 0 aliphatic carbocycles. The third kappa shape index (κ3) is 4.63. The molecule has 21 heavy (non-hydrogen) atoms. The summed E-state index contributed by atoms with van der Waals surface area (Å²) in [6.07, 6.45) is 1.05. The van der Waals surface area contributed by atoms with Crippen LogP contribution in [0.25, 0.3) is 0 Å². The Labute approximate surface area is 128 Å². The summed E-state index contributed by atoms with van der Waals surface area (Å²) in [7, 11) is -3.51. The lowest BCUT2D eigenvalue weighted by Crippen LogP contribution is -2.22. The first kappa shape index (κ1) is 16.2. The minimum Gasteiger partial charge on any atom is -0.360 e. The van der Waals surface area contributed by atoms with E-state index >= 15 is 0 Å². The minimum absolute atomic E-state index is 0.102. The van der Waals surface area contributed by atoms with Gasteiger partial charge in [0.2, 0.25) is 10.0 Å². The van der Waals surface area contributed by atoms with E-state index in [-0.39, 0.29) is 6.54 Å². The second kappa shape index (κ2) is 7.17. The summed E-state index contributed by atoms with van der Waals surface area (Å²) in [4.78, 5) is 0.999. The summed E-state index contributed by atoms with van der Waals surface area (Å²) < 4.78 is 32.2. The van der Waals surface area contributed by atoms with Gasteiger partial charge >= 0.3 is 0 Å². The zero-order chi connectivity index (χ0) is 15.3. The van der Waals surface area contributed by atoms with Crippen molar-refractivity contribution in [1.29, 1.82) is 0 Å². The lowest BCUT2D eigenvalue weighted by molar-refractivity contribution is 0.377. The van der Waals surface area contributed by atoms with Gasteiger partial charge in [-0.15, -0.1) is 11.3 Å². The Morgan fingerprint density at radius 2 is 2.14 bits per heavy atom. The molecule has 0 aliphatic rings. The van der Waals surface area contributed by atoms with Crippen molar-refractivity contribution in [1.82, 2.24) is 15.2 Å². The predicted molar refractivity (Wildman–Crippen MR) is 81.6 cm³/mol. The Hall–Kier alpha value is -1.22. The van der Waals surface area contributed by atoms with Gasteiger partial charge in [-0.3, -0.25) is 0 Å². The molecule has 0 bridgehead atoms. The first-order valence-corrected chi connectivity index (χ1v) is 9.02. The van der Waals surface area contributed by atoms with Crippen LogP contribution < -0.4 is 10.0 Å². The van der Waals surface area contributed by atoms with Crippen LogP contribution in [0.5, 0.6) is 0 Å². The maximum atomic E-state index is 12.2. The number of thiophene rings is 1. The molecule has 2 aromatic rings. The van der Waals surface area contributed by atoms with E-state index in [1.165, 1.54) is 11.3 Å². The molecule has 0 amide bonds. The molecule has 0 saturated carbocycles. The molecule has 0 saturated heterocycles. The van der Waals surface area contributed by atoms with E-state index in [0.717, 1.165) is 23.5 Å². The molecule has 2 heterocycles. The molecule has 2 N–H and O–H groups in total. The van der Waals surface area contributed by atoms with Gasteiger partial charge in [0.05, 0.1) is 12.2 Å². The molecule has 8 heteroatoms. The van der Waals surface area contributed by atoms with Crippen molar-refractivity contribution in [2.75, 3.05) is 6.54 Å². The highest BCUT2D eigenvalue weighted by Crippen LogP contribution is 2.21. The molecule has 2 aromatic heterocycles. The topological polar surface area (TPSA) is 84.2 Å². The molecule has 0 aliphatic heterocycles. The van der Waals surface area contributed by atoms with E-state index in [4.69, 9.17) is 4.52 Å². The summed E-state index contributed by atoms with van der Waals surface area (Å²) in [5, 5.41) is 6.97. The first-order chi connectivity index (χ1) is 10.0. The van der Waals surface area contributed by atoms with Crippen molar-refractivity contribution in [3.05, 3.63) is 34.5 Å². The van der Waals surface area contributed by atoms with Crippen molar-refractivity contribution < 1.29 is 12.9 Å². The average Bonchev–Trinajstić information content (AvgIpc) is 3.06. The fourth-order valence-corrected chi connectivity index (χ4v) is 4.09. The maximum absolute atomic E-state index is 12.2. The van der Waals surface area contributed by atoms with Crippen molar-refractivity contribution in [3.63, 3.8) is 0 Å². The highest BCUT2D eigenvalue weighted by molar-refractivity contribution is 7.91. The number of aromatic nitrogens is 1. The summed E-state index contributed by atoms with van der Waals surface area (Å²) in [6.45, 7) is 5.59. The number of nitrogens with one attached hydrogen (secondary N) is 2. The minimum atomic E-state index is -3.51. The number of hydrogen-bond acceptors (Lipinski definition) is 6. The van der Waals surface area contributed by atoms with Gasteiger partial charge in [0.15, 0.2) is 5.76 Å². The summed E-state index contributed by atoms with van der Waals surface area (Å²) in [6, 6.07) is 5.17. The lowest BCUT2D eigenvalue weighted by Gasteiger charge is -2.02. The van der Waals surface area contributed by atoms with Crippen LogP contribution in [-0.2, 0) is 23.1 Å². The first-order valence-electron chi connectivity index (χ1n) is 6.72. The van der Waals surface area contributed by atoms with Crippen LogP contribution in [0.1, 0.15) is 29.7 Å². The van der Waals surface area contributed by atoms with E-state index in [1.54, 1.807) is 19.1 Å². The highest BCUT2D eigenvalue weighted by atomic mass is 32.2. The monoisotopic (exact) mass is 329 g/mol. The zero-order valence-electron chi connectivity index (χ0n) is 12.0. The normalized spacial score (nSPS) is 11.9. The van der Waals surface area contributed by atoms with Crippen molar-refractivity contribution >= 4 is 21.4 Å². The summed E-state index contributed by atoms with van der Waals surface area (Å²) in [5.41, 5.74) is 0.726. The van der Waals surface area contributed by atoms with Gasteiger partial charge < -0.3 is 9.84 Å². The Morgan fingerprint density at radius 3 is 2.81 bits per heavy atom. The van der Waals surface area contributed by atoms with E-state index in [2.05, 4.69) is 22.1 Å². The fraction of sp³-hybridized carbons (Fsp3) is 0.462. The number of hydrogen-bond donors (Lipinski definition) is 2. The Balaban J connectivity index is 1.95. The third-order valence-corrected chi connectivity index (χ3v) is 5.72. The molecule has 2 rings (SSSR count). The molecular formula is C13H19N3O3S2. The Kier molecular flexibility index (Phi) is 5.51. The van der Waals surface area contributed by atoms with Gasteiger partial charge in [-0.2, -0.15) is 0 Å². The predicted octanol–water partition coefficient (Wildman–Crippen LogP) is 2.02. The molecule has 116 valence electrons. The van der Waals surface area contributed by atoms with Gasteiger partial charge in [0.1, 0.15) is 4.21 Å². The largest absolute Gasteiger partial charge is 0.360 e. The van der Waals surface area contributed by atoms with Gasteiger partial charge in [-0.1, -0.05) is 12.1 Å². The van der Waals surface area contributed by atoms with E-state index < -0.39 is 10.0 Å². The molecule has 0 radical (unpaired) electrons. The molecule has 0 atom stereocenters. The average molecular weight is 329 g/mol. The van der Waals surface area contributed by atoms with Crippen LogP contribution >= 0.6 is 11.3 Å². The number of nitrogens with zero attached hydrogens (tertiary/aromatic N) is 1. The standard InChI is InChI=1S/C13H19N3O3S2/c1-3-6-14-9-12-4-5-13(20-12)21(17,18)15-8-11-7-10(2)16-19-11/h4-5,7,14-15H,3,6,8-9H2,1-2H3. The van der Waals surface area contributed by atoms with Gasteiger partial charge in [0, 0.05) is 17.5 Å². The number of aryl methyl sites for hydroxylation is 1. The molecule has 6 nitrogen and oxygen atoms in total. The highest BCUT2D eigenvalue weighted by Gasteiger charge is 2.17. The quantitative estimate of drug-likeness (QED) is 0.724. The van der Waals surface area contributed by atoms with Crippen LogP contribution in [0.15, 0.2) is 26.9 Å². The Bertz CT molecular complexity index is 676. The molecular weight excluding hydrogens is 310 g/mol. The molecule has 0 unspecified atom stereocenters. The van der Waals surface area contributed by atoms with Crippen molar-refractivity contribution in [2.45, 2.75) is 37.6 Å². The van der Waals surface area contributed by atoms with Crippen molar-refractivity contribution in [2.24, 2.45) is 0 Å². The van der Waals surface area contributed by atoms with Crippen molar-refractivity contribution in [3.8, 4) is 0 Å². The van der Waals surface area contributed by atoms with Crippen LogP contribution in [0.4, 0.5) is 0 Å². The SMILES string of the molecule is CCCNCc1ccc(S(=O)(=O)NCc2cc(C)no2)s1. The van der Waals surface area contributed by atoms with Crippen LogP contribution in [0.3, 0.4) is 0 Å². The molecule has 0 fully saturated rings. The second-order valence-electron chi connectivity index (χ2n) is 4.66. The lowest BCUT2D eigenvalue weighted by atomic mass is 10.4. The fourth-order valence-electron chi connectivity index (χ4n) is 1.72. The smallest absolute Gasteiger partial charge is 0.250 e. The van der Waals surface area contributed by atoms with Crippen LogP contribution in [0.2, 0.25) is 0 Å². The molecule has 0 spiro atoms. The molecule has 0 aromatic carbocycles. The summed E-state index contributed by atoms with van der Waals surface area (Å²) >= 11 is 1.27.